The first-order valence-corrected chi connectivity index (χ1v) is 13.8. The summed E-state index contributed by atoms with van der Waals surface area (Å²) in [4.78, 5) is 0. The zero-order valence-corrected chi connectivity index (χ0v) is 19.6. The van der Waals surface area contributed by atoms with Gasteiger partial charge in [0.25, 0.3) is 0 Å². The van der Waals surface area contributed by atoms with E-state index < -0.39 is 6.04 Å². The van der Waals surface area contributed by atoms with Crippen LogP contribution in [0.2, 0.25) is 0 Å². The van der Waals surface area contributed by atoms with Gasteiger partial charge in [0.15, 0.2) is 0 Å². The van der Waals surface area contributed by atoms with E-state index in [0.29, 0.717) is 0 Å². The van der Waals surface area contributed by atoms with Gasteiger partial charge in [-0.1, -0.05) is 121 Å². The molecule has 1 heterocycles. The Bertz CT molecular complexity index is 1570. The molecule has 0 aliphatic rings. The number of furan rings is 1. The molecule has 0 aliphatic carbocycles. The Labute approximate surface area is 198 Å². The highest BCUT2D eigenvalue weighted by molar-refractivity contribution is 8.25. The summed E-state index contributed by atoms with van der Waals surface area (Å²) < 4.78 is 6.00. The maximum atomic E-state index is 6.46. The first-order valence-electron chi connectivity index (χ1n) is 11.0. The molecule has 0 radical (unpaired) electrons. The minimum atomic E-state index is -2.13. The van der Waals surface area contributed by atoms with Crippen molar-refractivity contribution in [2.45, 2.75) is 0 Å². The highest BCUT2D eigenvalue weighted by Crippen LogP contribution is 2.43. The molecule has 0 saturated carbocycles. The SMILES string of the molecule is S=P(c1ccccc1)(c1ccccc1)c1ccc(-c2ccc3oc4ccccc4c3c2)cc1. The maximum absolute atomic E-state index is 6.46. The van der Waals surface area contributed by atoms with E-state index >= 15 is 0 Å². The van der Waals surface area contributed by atoms with Crippen LogP contribution in [0.4, 0.5) is 0 Å². The minimum Gasteiger partial charge on any atom is -0.456 e. The standard InChI is InChI=1S/C30H21OPS/c33-32(24-9-3-1-4-10-24,25-11-5-2-6-12-25)26-18-15-22(16-19-26)23-17-20-30-28(21-23)27-13-7-8-14-29(27)31-30/h1-21H. The molecule has 6 aromatic rings. The summed E-state index contributed by atoms with van der Waals surface area (Å²) in [6.07, 6.45) is 0. The van der Waals surface area contributed by atoms with Crippen molar-refractivity contribution in [3.63, 3.8) is 0 Å². The third kappa shape index (κ3) is 3.43. The van der Waals surface area contributed by atoms with Gasteiger partial charge in [-0.15, -0.1) is 0 Å². The Morgan fingerprint density at radius 3 is 1.64 bits per heavy atom. The number of rotatable bonds is 4. The van der Waals surface area contributed by atoms with Crippen molar-refractivity contribution < 1.29 is 4.42 Å². The van der Waals surface area contributed by atoms with Crippen molar-refractivity contribution in [3.05, 3.63) is 127 Å². The van der Waals surface area contributed by atoms with Crippen LogP contribution < -0.4 is 15.9 Å². The summed E-state index contributed by atoms with van der Waals surface area (Å²) in [6.45, 7) is 0. The molecule has 1 aromatic heterocycles. The summed E-state index contributed by atoms with van der Waals surface area (Å²) in [5, 5.41) is 5.92. The number of hydrogen-bond acceptors (Lipinski definition) is 2. The van der Waals surface area contributed by atoms with E-state index in [1.54, 1.807) is 0 Å². The van der Waals surface area contributed by atoms with Gasteiger partial charge in [-0.2, -0.15) is 0 Å². The molecule has 0 N–H and O–H groups in total. The molecule has 0 aliphatic heterocycles. The lowest BCUT2D eigenvalue weighted by Crippen LogP contribution is -2.24. The molecule has 158 valence electrons. The van der Waals surface area contributed by atoms with E-state index in [-0.39, 0.29) is 0 Å². The van der Waals surface area contributed by atoms with Crippen LogP contribution in [-0.2, 0) is 11.8 Å². The molecule has 5 aromatic carbocycles. The summed E-state index contributed by atoms with van der Waals surface area (Å²) in [5.41, 5.74) is 4.19. The van der Waals surface area contributed by atoms with E-state index in [1.807, 2.05) is 24.3 Å². The van der Waals surface area contributed by atoms with Gasteiger partial charge in [0.1, 0.15) is 11.2 Å². The van der Waals surface area contributed by atoms with E-state index in [0.717, 1.165) is 21.9 Å². The van der Waals surface area contributed by atoms with Crippen molar-refractivity contribution in [2.24, 2.45) is 0 Å². The van der Waals surface area contributed by atoms with Crippen LogP contribution >= 0.6 is 6.04 Å². The first-order chi connectivity index (χ1) is 16.2. The van der Waals surface area contributed by atoms with Crippen molar-refractivity contribution in [3.8, 4) is 11.1 Å². The monoisotopic (exact) mass is 460 g/mol. The summed E-state index contributed by atoms with van der Waals surface area (Å²) in [5.74, 6) is 0. The Balaban J connectivity index is 1.46. The van der Waals surface area contributed by atoms with Crippen molar-refractivity contribution in [1.29, 1.82) is 0 Å². The van der Waals surface area contributed by atoms with Gasteiger partial charge in [0.05, 0.1) is 0 Å². The molecule has 33 heavy (non-hydrogen) atoms. The molecule has 0 atom stereocenters. The second-order valence-electron chi connectivity index (χ2n) is 8.14. The largest absolute Gasteiger partial charge is 0.456 e. The Morgan fingerprint density at radius 1 is 0.455 bits per heavy atom. The highest BCUT2D eigenvalue weighted by atomic mass is 32.4. The van der Waals surface area contributed by atoms with Gasteiger partial charge < -0.3 is 4.42 Å². The van der Waals surface area contributed by atoms with E-state index in [2.05, 4.69) is 103 Å². The van der Waals surface area contributed by atoms with Crippen LogP contribution in [-0.4, -0.2) is 0 Å². The number of fused-ring (bicyclic) bond motifs is 3. The van der Waals surface area contributed by atoms with Gasteiger partial charge in [-0.3, -0.25) is 0 Å². The van der Waals surface area contributed by atoms with Crippen molar-refractivity contribution >= 4 is 55.7 Å². The number of para-hydroxylation sites is 1. The van der Waals surface area contributed by atoms with Gasteiger partial charge in [-0.05, 0) is 45.2 Å². The predicted molar refractivity (Wildman–Crippen MR) is 145 cm³/mol. The van der Waals surface area contributed by atoms with Crippen LogP contribution in [0.1, 0.15) is 0 Å². The van der Waals surface area contributed by atoms with E-state index in [1.165, 1.54) is 27.0 Å². The number of hydrogen-bond donors (Lipinski definition) is 0. The average molecular weight is 461 g/mol. The van der Waals surface area contributed by atoms with Crippen molar-refractivity contribution in [1.82, 2.24) is 0 Å². The normalized spacial score (nSPS) is 11.8. The number of benzene rings is 5. The Morgan fingerprint density at radius 2 is 0.970 bits per heavy atom. The van der Waals surface area contributed by atoms with Crippen molar-refractivity contribution in [2.75, 3.05) is 0 Å². The lowest BCUT2D eigenvalue weighted by Gasteiger charge is -2.24. The fourth-order valence-corrected chi connectivity index (χ4v) is 8.24. The molecular formula is C30H21OPS. The summed E-state index contributed by atoms with van der Waals surface area (Å²) >= 11 is 6.46. The van der Waals surface area contributed by atoms with Gasteiger partial charge in [0, 0.05) is 16.8 Å². The Hall–Kier alpha value is -3.45. The van der Waals surface area contributed by atoms with Crippen LogP contribution in [0, 0.1) is 0 Å². The highest BCUT2D eigenvalue weighted by Gasteiger charge is 2.24. The summed E-state index contributed by atoms with van der Waals surface area (Å²) in [6, 6.07) is 42.4. The van der Waals surface area contributed by atoms with Crippen LogP contribution in [0.15, 0.2) is 132 Å². The molecule has 0 bridgehead atoms. The van der Waals surface area contributed by atoms with Gasteiger partial charge in [0.2, 0.25) is 0 Å². The molecular weight excluding hydrogens is 439 g/mol. The maximum Gasteiger partial charge on any atom is 0.135 e. The summed E-state index contributed by atoms with van der Waals surface area (Å²) in [7, 11) is 0. The second kappa shape index (κ2) is 8.15. The molecule has 0 spiro atoms. The molecule has 0 fully saturated rings. The van der Waals surface area contributed by atoms with E-state index in [9.17, 15) is 0 Å². The Kier molecular flexibility index (Phi) is 4.99. The smallest absolute Gasteiger partial charge is 0.135 e. The second-order valence-corrected chi connectivity index (χ2v) is 12.5. The quantitative estimate of drug-likeness (QED) is 0.263. The first kappa shape index (κ1) is 20.2. The van der Waals surface area contributed by atoms with Crippen LogP contribution in [0.5, 0.6) is 0 Å². The zero-order valence-electron chi connectivity index (χ0n) is 17.9. The average Bonchev–Trinajstić information content (AvgIpc) is 3.27. The third-order valence-corrected chi connectivity index (χ3v) is 11.2. The third-order valence-electron chi connectivity index (χ3n) is 6.18. The van der Waals surface area contributed by atoms with Crippen LogP contribution in [0.3, 0.4) is 0 Å². The topological polar surface area (TPSA) is 13.1 Å². The molecule has 0 unspecified atom stereocenters. The van der Waals surface area contributed by atoms with E-state index in [4.69, 9.17) is 16.2 Å². The van der Waals surface area contributed by atoms with Gasteiger partial charge >= 0.3 is 0 Å². The van der Waals surface area contributed by atoms with Crippen LogP contribution in [0.25, 0.3) is 33.1 Å². The zero-order chi connectivity index (χ0) is 22.3. The lowest BCUT2D eigenvalue weighted by molar-refractivity contribution is 0.669. The molecule has 6 rings (SSSR count). The predicted octanol–water partition coefficient (Wildman–Crippen LogP) is 7.01. The molecule has 1 nitrogen and oxygen atoms in total. The van der Waals surface area contributed by atoms with Gasteiger partial charge in [-0.25, -0.2) is 0 Å². The molecule has 0 amide bonds. The minimum absolute atomic E-state index is 0.917. The fraction of sp³-hybridized carbons (Fsp3) is 0. The molecule has 0 saturated heterocycles. The lowest BCUT2D eigenvalue weighted by atomic mass is 10.0. The molecule has 3 heteroatoms. The fourth-order valence-electron chi connectivity index (χ4n) is 4.49.